The van der Waals surface area contributed by atoms with Gasteiger partial charge in [-0.2, -0.15) is 18.3 Å². The maximum absolute atomic E-state index is 13.4. The van der Waals surface area contributed by atoms with Crippen molar-refractivity contribution < 1.29 is 26.4 Å². The van der Waals surface area contributed by atoms with Crippen molar-refractivity contribution in [3.05, 3.63) is 77.1 Å². The molecule has 196 valence electrons. The third kappa shape index (κ3) is 6.35. The maximum atomic E-state index is 13.4. The van der Waals surface area contributed by atoms with Crippen molar-refractivity contribution in [3.8, 4) is 5.69 Å². The molecule has 0 unspecified atom stereocenters. The summed E-state index contributed by atoms with van der Waals surface area (Å²) in [7, 11) is -3.65. The number of sulfonamides is 1. The van der Waals surface area contributed by atoms with E-state index in [4.69, 9.17) is 5.73 Å². The Balaban J connectivity index is 1.63. The fourth-order valence-corrected chi connectivity index (χ4v) is 4.51. The smallest absolute Gasteiger partial charge is 0.355 e. The summed E-state index contributed by atoms with van der Waals surface area (Å²) in [6.07, 6.45) is -1.91. The lowest BCUT2D eigenvalue weighted by Gasteiger charge is -2.20. The van der Waals surface area contributed by atoms with Gasteiger partial charge in [0.05, 0.1) is 11.9 Å². The highest BCUT2D eigenvalue weighted by molar-refractivity contribution is 7.89. The number of carbonyl (C=O) groups is 1. The molecule has 4 rings (SSSR count). The normalized spacial score (nSPS) is 14.7. The average Bonchev–Trinajstić information content (AvgIpc) is 3.53. The van der Waals surface area contributed by atoms with E-state index in [1.165, 1.54) is 18.2 Å². The van der Waals surface area contributed by atoms with E-state index in [1.54, 1.807) is 30.3 Å². The summed E-state index contributed by atoms with van der Waals surface area (Å²) in [4.78, 5) is 14.9. The fraction of sp³-hybridized carbons (Fsp3) is 0.292. The van der Waals surface area contributed by atoms with Crippen LogP contribution in [0.2, 0.25) is 0 Å². The standard InChI is InChI=1S/C24H25F3N6O3S/c1-37(35,36)31-22(32-11-2-3-12-32)17-7-9-18(10-8-17)29-23(34)20-14-21(24(25,26)27)30-33(20)19-6-4-5-16(13-19)15-28/h4-10,13-14H,2-3,11-12,15,28H2,1H3,(H,29,34)/b31-22+. The van der Waals surface area contributed by atoms with Gasteiger partial charge in [0.2, 0.25) is 0 Å². The van der Waals surface area contributed by atoms with Crippen LogP contribution in [0.5, 0.6) is 0 Å². The molecule has 0 spiro atoms. The quantitative estimate of drug-likeness (QED) is 0.369. The number of halogens is 3. The molecule has 0 aliphatic carbocycles. The number of nitrogens with zero attached hydrogens (tertiary/aromatic N) is 4. The number of benzene rings is 2. The molecule has 13 heteroatoms. The van der Waals surface area contributed by atoms with Gasteiger partial charge in [0.1, 0.15) is 11.5 Å². The lowest BCUT2D eigenvalue weighted by Crippen LogP contribution is -2.29. The Hall–Kier alpha value is -3.71. The van der Waals surface area contributed by atoms with E-state index in [-0.39, 0.29) is 17.9 Å². The van der Waals surface area contributed by atoms with Gasteiger partial charge in [-0.05, 0) is 54.8 Å². The van der Waals surface area contributed by atoms with Crippen molar-refractivity contribution >= 4 is 27.5 Å². The Morgan fingerprint density at radius 2 is 1.78 bits per heavy atom. The largest absolute Gasteiger partial charge is 0.435 e. The molecule has 1 saturated heterocycles. The molecule has 3 aromatic rings. The van der Waals surface area contributed by atoms with E-state index in [9.17, 15) is 26.4 Å². The Morgan fingerprint density at radius 3 is 2.38 bits per heavy atom. The lowest BCUT2D eigenvalue weighted by molar-refractivity contribution is -0.141. The van der Waals surface area contributed by atoms with Gasteiger partial charge in [0.25, 0.3) is 15.9 Å². The van der Waals surface area contributed by atoms with Crippen LogP contribution in [-0.4, -0.2) is 54.2 Å². The van der Waals surface area contributed by atoms with Gasteiger partial charge in [-0.1, -0.05) is 12.1 Å². The van der Waals surface area contributed by atoms with E-state index in [1.807, 2.05) is 4.90 Å². The van der Waals surface area contributed by atoms with Gasteiger partial charge in [-0.25, -0.2) is 13.1 Å². The van der Waals surface area contributed by atoms with Gasteiger partial charge in [-0.15, -0.1) is 4.40 Å². The predicted octanol–water partition coefficient (Wildman–Crippen LogP) is 3.40. The summed E-state index contributed by atoms with van der Waals surface area (Å²) >= 11 is 0. The van der Waals surface area contributed by atoms with E-state index in [0.29, 0.717) is 41.8 Å². The van der Waals surface area contributed by atoms with Gasteiger partial charge in [-0.3, -0.25) is 4.79 Å². The minimum atomic E-state index is -4.75. The van der Waals surface area contributed by atoms with E-state index in [2.05, 4.69) is 14.8 Å². The second-order valence-electron chi connectivity index (χ2n) is 8.57. The molecule has 1 amide bonds. The predicted molar refractivity (Wildman–Crippen MR) is 133 cm³/mol. The monoisotopic (exact) mass is 534 g/mol. The van der Waals surface area contributed by atoms with Crippen molar-refractivity contribution in [2.45, 2.75) is 25.6 Å². The highest BCUT2D eigenvalue weighted by Gasteiger charge is 2.36. The van der Waals surface area contributed by atoms with Crippen LogP contribution in [-0.2, 0) is 22.7 Å². The number of hydrogen-bond donors (Lipinski definition) is 2. The van der Waals surface area contributed by atoms with Crippen molar-refractivity contribution in [2.75, 3.05) is 24.7 Å². The molecule has 1 aliphatic heterocycles. The molecule has 0 radical (unpaired) electrons. The van der Waals surface area contributed by atoms with Gasteiger partial charge in [0.15, 0.2) is 5.69 Å². The van der Waals surface area contributed by atoms with Gasteiger partial charge >= 0.3 is 6.18 Å². The fourth-order valence-electron chi connectivity index (χ4n) is 3.97. The minimum absolute atomic E-state index is 0.164. The zero-order chi connectivity index (χ0) is 26.8. The molecule has 1 aliphatic rings. The third-order valence-electron chi connectivity index (χ3n) is 5.68. The Kier molecular flexibility index (Phi) is 7.37. The highest BCUT2D eigenvalue weighted by atomic mass is 32.2. The SMILES string of the molecule is CS(=O)(=O)/N=C(\c1ccc(NC(=O)c2cc(C(F)(F)F)nn2-c2cccc(CN)c2)cc1)N1CCCC1. The number of amidine groups is 1. The number of anilines is 1. The lowest BCUT2D eigenvalue weighted by atomic mass is 10.1. The minimum Gasteiger partial charge on any atom is -0.355 e. The summed E-state index contributed by atoms with van der Waals surface area (Å²) in [6.45, 7) is 1.50. The van der Waals surface area contributed by atoms with Crippen LogP contribution in [0.3, 0.4) is 0 Å². The number of amides is 1. The van der Waals surface area contributed by atoms with Crippen molar-refractivity contribution in [3.63, 3.8) is 0 Å². The van der Waals surface area contributed by atoms with Crippen LogP contribution < -0.4 is 11.1 Å². The Labute approximate surface area is 211 Å². The molecule has 2 heterocycles. The molecule has 9 nitrogen and oxygen atoms in total. The molecular formula is C24H25F3N6O3S. The van der Waals surface area contributed by atoms with Crippen LogP contribution in [0.1, 0.15) is 40.2 Å². The van der Waals surface area contributed by atoms with Crippen molar-refractivity contribution in [2.24, 2.45) is 10.1 Å². The summed E-state index contributed by atoms with van der Waals surface area (Å²) in [6, 6.07) is 13.3. The van der Waals surface area contributed by atoms with E-state index < -0.39 is 27.8 Å². The summed E-state index contributed by atoms with van der Waals surface area (Å²) in [5, 5.41) is 6.20. The van der Waals surface area contributed by atoms with Crippen LogP contribution in [0.4, 0.5) is 18.9 Å². The van der Waals surface area contributed by atoms with Crippen molar-refractivity contribution in [1.29, 1.82) is 0 Å². The molecule has 37 heavy (non-hydrogen) atoms. The van der Waals surface area contributed by atoms with Crippen LogP contribution in [0, 0.1) is 0 Å². The zero-order valence-electron chi connectivity index (χ0n) is 19.9. The highest BCUT2D eigenvalue weighted by Crippen LogP contribution is 2.30. The first-order valence-electron chi connectivity index (χ1n) is 11.4. The summed E-state index contributed by atoms with van der Waals surface area (Å²) in [5.41, 5.74) is 5.87. The first kappa shape index (κ1) is 26.4. The van der Waals surface area contributed by atoms with E-state index in [0.717, 1.165) is 23.8 Å². The van der Waals surface area contributed by atoms with Crippen molar-refractivity contribution in [1.82, 2.24) is 14.7 Å². The Morgan fingerprint density at radius 1 is 1.11 bits per heavy atom. The number of aromatic nitrogens is 2. The van der Waals surface area contributed by atoms with E-state index >= 15 is 0 Å². The molecular weight excluding hydrogens is 509 g/mol. The molecule has 0 saturated carbocycles. The number of nitrogens with two attached hydrogens (primary N) is 1. The van der Waals surface area contributed by atoms with Gasteiger partial charge in [0, 0.05) is 37.0 Å². The average molecular weight is 535 g/mol. The first-order valence-corrected chi connectivity index (χ1v) is 13.2. The molecule has 3 N–H and O–H groups in total. The maximum Gasteiger partial charge on any atom is 0.435 e. The Bertz CT molecular complexity index is 1430. The zero-order valence-corrected chi connectivity index (χ0v) is 20.7. The number of carbonyl (C=O) groups excluding carboxylic acids is 1. The number of nitrogens with one attached hydrogen (secondary N) is 1. The van der Waals surface area contributed by atoms with Crippen LogP contribution in [0.25, 0.3) is 5.69 Å². The summed E-state index contributed by atoms with van der Waals surface area (Å²) < 4.78 is 68.7. The molecule has 1 aromatic heterocycles. The molecule has 1 fully saturated rings. The molecule has 2 aromatic carbocycles. The second-order valence-corrected chi connectivity index (χ2v) is 10.2. The topological polar surface area (TPSA) is 123 Å². The number of likely N-dealkylation sites (tertiary alicyclic amines) is 1. The molecule has 0 atom stereocenters. The third-order valence-corrected chi connectivity index (χ3v) is 6.19. The second kappa shape index (κ2) is 10.3. The van der Waals surface area contributed by atoms with Crippen LogP contribution >= 0.6 is 0 Å². The first-order chi connectivity index (χ1) is 17.4. The molecule has 0 bridgehead atoms. The summed E-state index contributed by atoms with van der Waals surface area (Å²) in [5.74, 6) is -0.496. The number of rotatable bonds is 6. The van der Waals surface area contributed by atoms with Gasteiger partial charge < -0.3 is 16.0 Å². The number of alkyl halides is 3. The van der Waals surface area contributed by atoms with Crippen LogP contribution in [0.15, 0.2) is 59.0 Å². The number of hydrogen-bond acceptors (Lipinski definition) is 5.